The topological polar surface area (TPSA) is 75.7 Å². The number of amides is 2. The van der Waals surface area contributed by atoms with Gasteiger partial charge in [-0.25, -0.2) is 0 Å². The molecule has 0 bridgehead atoms. The number of carbonyl (C=O) groups excluding carboxylic acids is 3. The highest BCUT2D eigenvalue weighted by Crippen LogP contribution is 2.17. The lowest BCUT2D eigenvalue weighted by molar-refractivity contribution is -0.149. The zero-order valence-electron chi connectivity index (χ0n) is 15.3. The number of likely N-dealkylation sites (N-methyl/N-ethyl adjacent to an activating group) is 1. The molecule has 0 aliphatic heterocycles. The summed E-state index contributed by atoms with van der Waals surface area (Å²) in [6.45, 7) is 1.48. The lowest BCUT2D eigenvalue weighted by Crippen LogP contribution is -2.37. The van der Waals surface area contributed by atoms with Crippen molar-refractivity contribution in [1.29, 1.82) is 0 Å². The second-order valence-corrected chi connectivity index (χ2v) is 7.91. The van der Waals surface area contributed by atoms with Gasteiger partial charge in [-0.3, -0.25) is 14.4 Å². The molecule has 0 unspecified atom stereocenters. The average Bonchev–Trinajstić information content (AvgIpc) is 3.15. The van der Waals surface area contributed by atoms with Gasteiger partial charge in [0.2, 0.25) is 5.91 Å². The second kappa shape index (κ2) is 10.7. The molecule has 0 saturated heterocycles. The van der Waals surface area contributed by atoms with E-state index in [1.807, 2.05) is 36.6 Å². The fourth-order valence-corrected chi connectivity index (χ4v) is 3.73. The Balaban J connectivity index is 1.64. The minimum Gasteiger partial charge on any atom is -0.455 e. The van der Waals surface area contributed by atoms with Crippen LogP contribution < -0.4 is 5.32 Å². The number of carbonyl (C=O) groups is 3. The van der Waals surface area contributed by atoms with E-state index in [2.05, 4.69) is 5.32 Å². The van der Waals surface area contributed by atoms with E-state index in [9.17, 15) is 14.4 Å². The van der Waals surface area contributed by atoms with Crippen LogP contribution in [0.15, 0.2) is 41.8 Å². The summed E-state index contributed by atoms with van der Waals surface area (Å²) in [7, 11) is 1.50. The van der Waals surface area contributed by atoms with Gasteiger partial charge in [0.25, 0.3) is 5.91 Å². The molecule has 6 nitrogen and oxygen atoms in total. The quantitative estimate of drug-likeness (QED) is 0.648. The highest BCUT2D eigenvalue weighted by Gasteiger charge is 2.15. The van der Waals surface area contributed by atoms with Crippen molar-refractivity contribution in [2.24, 2.45) is 0 Å². The van der Waals surface area contributed by atoms with Crippen molar-refractivity contribution in [3.8, 4) is 0 Å². The van der Waals surface area contributed by atoms with Gasteiger partial charge < -0.3 is 15.0 Å². The van der Waals surface area contributed by atoms with E-state index >= 15 is 0 Å². The normalized spacial score (nSPS) is 10.3. The maximum absolute atomic E-state index is 12.0. The first-order chi connectivity index (χ1) is 12.9. The van der Waals surface area contributed by atoms with Crippen LogP contribution in [0.5, 0.6) is 0 Å². The third-order valence-corrected chi connectivity index (χ3v) is 5.56. The molecule has 1 heterocycles. The Morgan fingerprint density at radius 1 is 1.19 bits per heavy atom. The number of anilines is 1. The smallest absolute Gasteiger partial charge is 0.316 e. The molecule has 2 amide bonds. The number of ether oxygens (including phenoxy) is 1. The zero-order valence-corrected chi connectivity index (χ0v) is 16.9. The standard InChI is InChI=1S/C19H22N2O4S2/c1-14-5-7-15(8-6-14)20-17(22)10-21(2)18(23)11-25-19(24)13-26-12-16-4-3-9-27-16/h3-9H,10-13H2,1-2H3,(H,20,22). The molecular weight excluding hydrogens is 384 g/mol. The van der Waals surface area contributed by atoms with Crippen LogP contribution >= 0.6 is 23.1 Å². The van der Waals surface area contributed by atoms with Crippen LogP contribution in [-0.4, -0.2) is 48.6 Å². The predicted octanol–water partition coefficient (Wildman–Crippen LogP) is 2.93. The summed E-state index contributed by atoms with van der Waals surface area (Å²) in [5.74, 6) is -0.261. The maximum Gasteiger partial charge on any atom is 0.316 e. The number of thioether (sulfide) groups is 1. The average molecular weight is 407 g/mol. The molecule has 0 saturated carbocycles. The Bertz CT molecular complexity index is 761. The van der Waals surface area contributed by atoms with E-state index in [0.717, 1.165) is 11.3 Å². The summed E-state index contributed by atoms with van der Waals surface area (Å²) in [5.41, 5.74) is 1.76. The van der Waals surface area contributed by atoms with E-state index in [0.29, 0.717) is 5.69 Å². The van der Waals surface area contributed by atoms with Crippen LogP contribution in [0.25, 0.3) is 0 Å². The van der Waals surface area contributed by atoms with Gasteiger partial charge in [-0.1, -0.05) is 23.8 Å². The Kier molecular flexibility index (Phi) is 8.35. The molecule has 0 aliphatic rings. The van der Waals surface area contributed by atoms with Gasteiger partial charge in [-0.15, -0.1) is 23.1 Å². The highest BCUT2D eigenvalue weighted by molar-refractivity contribution is 7.99. The van der Waals surface area contributed by atoms with Crippen molar-refractivity contribution in [1.82, 2.24) is 4.90 Å². The Morgan fingerprint density at radius 2 is 1.93 bits per heavy atom. The van der Waals surface area contributed by atoms with Gasteiger partial charge in [0.05, 0.1) is 12.3 Å². The highest BCUT2D eigenvalue weighted by atomic mass is 32.2. The molecule has 1 N–H and O–H groups in total. The molecule has 27 heavy (non-hydrogen) atoms. The predicted molar refractivity (Wildman–Crippen MR) is 109 cm³/mol. The lowest BCUT2D eigenvalue weighted by Gasteiger charge is -2.16. The summed E-state index contributed by atoms with van der Waals surface area (Å²) in [5, 5.41) is 4.70. The van der Waals surface area contributed by atoms with E-state index in [4.69, 9.17) is 4.74 Å². The lowest BCUT2D eigenvalue weighted by atomic mass is 10.2. The van der Waals surface area contributed by atoms with Crippen LogP contribution in [0.1, 0.15) is 10.4 Å². The Hall–Kier alpha value is -2.32. The number of thiophene rings is 1. The summed E-state index contributed by atoms with van der Waals surface area (Å²) in [6.07, 6.45) is 0. The van der Waals surface area contributed by atoms with Crippen LogP contribution in [0.3, 0.4) is 0 Å². The maximum atomic E-state index is 12.0. The summed E-state index contributed by atoms with van der Waals surface area (Å²) < 4.78 is 4.98. The molecule has 2 aromatic rings. The molecule has 2 rings (SSSR count). The fraction of sp³-hybridized carbons (Fsp3) is 0.316. The molecular formula is C19H22N2O4S2. The number of hydrogen-bond donors (Lipinski definition) is 1. The zero-order chi connectivity index (χ0) is 19.6. The first-order valence-electron chi connectivity index (χ1n) is 8.30. The first kappa shape index (κ1) is 21.0. The largest absolute Gasteiger partial charge is 0.455 e. The first-order valence-corrected chi connectivity index (χ1v) is 10.3. The van der Waals surface area contributed by atoms with E-state index in [1.54, 1.807) is 23.5 Å². The molecule has 0 atom stereocenters. The van der Waals surface area contributed by atoms with Gasteiger partial charge in [0, 0.05) is 23.4 Å². The summed E-state index contributed by atoms with van der Waals surface area (Å²) in [6, 6.07) is 11.3. The number of aryl methyl sites for hydroxylation is 1. The molecule has 0 radical (unpaired) electrons. The van der Waals surface area contributed by atoms with Crippen molar-refractivity contribution in [3.63, 3.8) is 0 Å². The summed E-state index contributed by atoms with van der Waals surface area (Å²) >= 11 is 3.07. The van der Waals surface area contributed by atoms with Gasteiger partial charge in [-0.2, -0.15) is 0 Å². The second-order valence-electron chi connectivity index (χ2n) is 5.90. The Labute approximate surface area is 166 Å². The van der Waals surface area contributed by atoms with Crippen molar-refractivity contribution >= 4 is 46.6 Å². The molecule has 1 aromatic heterocycles. The minimum atomic E-state index is -0.442. The van der Waals surface area contributed by atoms with Gasteiger partial charge in [0.1, 0.15) is 0 Å². The SMILES string of the molecule is Cc1ccc(NC(=O)CN(C)C(=O)COC(=O)CSCc2cccs2)cc1. The van der Waals surface area contributed by atoms with Crippen molar-refractivity contribution in [3.05, 3.63) is 52.2 Å². The van der Waals surface area contributed by atoms with Crippen LogP contribution in [-0.2, 0) is 24.9 Å². The van der Waals surface area contributed by atoms with Crippen LogP contribution in [0, 0.1) is 6.92 Å². The van der Waals surface area contributed by atoms with Gasteiger partial charge in [-0.05, 0) is 30.5 Å². The van der Waals surface area contributed by atoms with Crippen molar-refractivity contribution < 1.29 is 19.1 Å². The van der Waals surface area contributed by atoms with Crippen molar-refractivity contribution in [2.45, 2.75) is 12.7 Å². The van der Waals surface area contributed by atoms with Gasteiger partial charge in [0.15, 0.2) is 6.61 Å². The number of esters is 1. The van der Waals surface area contributed by atoms with E-state index in [1.165, 1.54) is 28.6 Å². The number of benzene rings is 1. The molecule has 0 spiro atoms. The molecule has 8 heteroatoms. The van der Waals surface area contributed by atoms with E-state index < -0.39 is 11.9 Å². The molecule has 144 valence electrons. The van der Waals surface area contributed by atoms with Gasteiger partial charge >= 0.3 is 5.97 Å². The third-order valence-electron chi connectivity index (χ3n) is 3.54. The number of nitrogens with zero attached hydrogens (tertiary/aromatic N) is 1. The number of hydrogen-bond acceptors (Lipinski definition) is 6. The van der Waals surface area contributed by atoms with Crippen molar-refractivity contribution in [2.75, 3.05) is 31.3 Å². The molecule has 1 aromatic carbocycles. The number of nitrogens with one attached hydrogen (secondary N) is 1. The van der Waals surface area contributed by atoms with Crippen LogP contribution in [0.4, 0.5) is 5.69 Å². The monoisotopic (exact) mass is 406 g/mol. The minimum absolute atomic E-state index is 0.114. The number of rotatable bonds is 9. The third kappa shape index (κ3) is 7.84. The summed E-state index contributed by atoms with van der Waals surface area (Å²) in [4.78, 5) is 38.1. The molecule has 0 fully saturated rings. The molecule has 0 aliphatic carbocycles. The fourth-order valence-electron chi connectivity index (χ4n) is 2.06. The van der Waals surface area contributed by atoms with E-state index in [-0.39, 0.29) is 24.8 Å². The van der Waals surface area contributed by atoms with Crippen LogP contribution in [0.2, 0.25) is 0 Å². The Morgan fingerprint density at radius 3 is 2.59 bits per heavy atom.